The van der Waals surface area contributed by atoms with Crippen LogP contribution in [0.5, 0.6) is 0 Å². The summed E-state index contributed by atoms with van der Waals surface area (Å²) < 4.78 is 0. The van der Waals surface area contributed by atoms with Crippen molar-refractivity contribution in [2.45, 2.75) is 6.92 Å². The van der Waals surface area contributed by atoms with E-state index in [4.69, 9.17) is 11.6 Å². The largest absolute Gasteiger partial charge is 0.325 e. The van der Waals surface area contributed by atoms with Crippen LogP contribution in [0.2, 0.25) is 5.02 Å². The summed E-state index contributed by atoms with van der Waals surface area (Å²) in [6, 6.07) is 17.0. The van der Waals surface area contributed by atoms with Crippen molar-refractivity contribution >= 4 is 34.7 Å². The van der Waals surface area contributed by atoms with E-state index < -0.39 is 0 Å². The Morgan fingerprint density at radius 1 is 1.04 bits per heavy atom. The normalized spacial score (nSPS) is 10.3. The van der Waals surface area contributed by atoms with Crippen LogP contribution in [0.4, 0.5) is 17.2 Å². The number of amides is 1. The van der Waals surface area contributed by atoms with E-state index in [1.165, 1.54) is 6.20 Å². The standard InChI is InChI=1S/C19H17ClN4O/c1-2-24(14-8-4-3-5-9-14)18-13-21-17(12-22-18)19(25)23-16-11-7-6-10-15(16)20/h3-13H,2H2,1H3,(H,23,25). The molecule has 6 heteroatoms. The monoisotopic (exact) mass is 352 g/mol. The van der Waals surface area contributed by atoms with Crippen LogP contribution >= 0.6 is 11.6 Å². The molecule has 0 radical (unpaired) electrons. The molecule has 1 aromatic heterocycles. The number of carbonyl (C=O) groups is 1. The predicted molar refractivity (Wildman–Crippen MR) is 101 cm³/mol. The highest BCUT2D eigenvalue weighted by molar-refractivity contribution is 6.33. The molecule has 0 aliphatic heterocycles. The van der Waals surface area contributed by atoms with Gasteiger partial charge in [0.25, 0.3) is 5.91 Å². The molecule has 1 N–H and O–H groups in total. The number of carbonyl (C=O) groups excluding carboxylic acids is 1. The highest BCUT2D eigenvalue weighted by Crippen LogP contribution is 2.23. The van der Waals surface area contributed by atoms with E-state index in [0.717, 1.165) is 12.2 Å². The van der Waals surface area contributed by atoms with E-state index in [-0.39, 0.29) is 11.6 Å². The Hall–Kier alpha value is -2.92. The minimum absolute atomic E-state index is 0.229. The fourth-order valence-electron chi connectivity index (χ4n) is 2.41. The van der Waals surface area contributed by atoms with Crippen LogP contribution in [0.15, 0.2) is 67.0 Å². The van der Waals surface area contributed by atoms with Crippen molar-refractivity contribution in [3.8, 4) is 0 Å². The van der Waals surface area contributed by atoms with Crippen LogP contribution < -0.4 is 10.2 Å². The number of aromatic nitrogens is 2. The van der Waals surface area contributed by atoms with Gasteiger partial charge in [0, 0.05) is 12.2 Å². The number of benzene rings is 2. The number of anilines is 3. The van der Waals surface area contributed by atoms with E-state index in [9.17, 15) is 4.79 Å². The van der Waals surface area contributed by atoms with Gasteiger partial charge in [0.2, 0.25) is 0 Å². The first-order chi connectivity index (χ1) is 12.2. The molecular formula is C19H17ClN4O. The minimum Gasteiger partial charge on any atom is -0.325 e. The Kier molecular flexibility index (Phi) is 5.26. The number of para-hydroxylation sites is 2. The minimum atomic E-state index is -0.352. The molecule has 0 bridgehead atoms. The molecule has 0 saturated heterocycles. The van der Waals surface area contributed by atoms with Crippen LogP contribution in [0, 0.1) is 0 Å². The number of hydrogen-bond donors (Lipinski definition) is 1. The van der Waals surface area contributed by atoms with Crippen molar-refractivity contribution in [1.82, 2.24) is 9.97 Å². The molecule has 3 aromatic rings. The lowest BCUT2D eigenvalue weighted by molar-refractivity contribution is 0.102. The molecule has 0 aliphatic rings. The quantitative estimate of drug-likeness (QED) is 0.732. The SMILES string of the molecule is CCN(c1ccccc1)c1cnc(C(=O)Nc2ccccc2Cl)cn1. The van der Waals surface area contributed by atoms with Crippen molar-refractivity contribution in [3.63, 3.8) is 0 Å². The van der Waals surface area contributed by atoms with Gasteiger partial charge in [-0.15, -0.1) is 0 Å². The third-order valence-electron chi connectivity index (χ3n) is 3.65. The van der Waals surface area contributed by atoms with Crippen LogP contribution in [0.1, 0.15) is 17.4 Å². The van der Waals surface area contributed by atoms with E-state index in [1.807, 2.05) is 42.2 Å². The Morgan fingerprint density at radius 3 is 2.40 bits per heavy atom. The zero-order chi connectivity index (χ0) is 17.6. The van der Waals surface area contributed by atoms with Crippen molar-refractivity contribution in [2.24, 2.45) is 0 Å². The second-order valence-corrected chi connectivity index (χ2v) is 5.68. The van der Waals surface area contributed by atoms with Crippen molar-refractivity contribution in [2.75, 3.05) is 16.8 Å². The lowest BCUT2D eigenvalue weighted by Gasteiger charge is -2.21. The van der Waals surface area contributed by atoms with Crippen LogP contribution in [0.3, 0.4) is 0 Å². The molecule has 2 aromatic carbocycles. The zero-order valence-corrected chi connectivity index (χ0v) is 14.4. The van der Waals surface area contributed by atoms with Gasteiger partial charge in [0.1, 0.15) is 5.69 Å². The van der Waals surface area contributed by atoms with E-state index in [1.54, 1.807) is 30.5 Å². The molecule has 0 fully saturated rings. The molecule has 1 amide bonds. The molecule has 1 heterocycles. The number of halogens is 1. The van der Waals surface area contributed by atoms with E-state index >= 15 is 0 Å². The summed E-state index contributed by atoms with van der Waals surface area (Å²) in [5.74, 6) is 0.331. The first-order valence-corrected chi connectivity index (χ1v) is 8.27. The van der Waals surface area contributed by atoms with Gasteiger partial charge in [-0.3, -0.25) is 4.79 Å². The lowest BCUT2D eigenvalue weighted by Crippen LogP contribution is -2.19. The molecule has 126 valence electrons. The second-order valence-electron chi connectivity index (χ2n) is 5.27. The number of hydrogen-bond acceptors (Lipinski definition) is 4. The molecule has 0 atom stereocenters. The Labute approximate surface area is 151 Å². The van der Waals surface area contributed by atoms with E-state index in [0.29, 0.717) is 16.5 Å². The van der Waals surface area contributed by atoms with Crippen LogP contribution in [-0.4, -0.2) is 22.4 Å². The first-order valence-electron chi connectivity index (χ1n) is 7.89. The fraction of sp³-hybridized carbons (Fsp3) is 0.105. The Balaban J connectivity index is 1.77. The number of nitrogens with one attached hydrogen (secondary N) is 1. The number of nitrogens with zero attached hydrogens (tertiary/aromatic N) is 3. The molecule has 25 heavy (non-hydrogen) atoms. The van der Waals surface area contributed by atoms with Crippen molar-refractivity contribution in [3.05, 3.63) is 77.7 Å². The maximum atomic E-state index is 12.3. The van der Waals surface area contributed by atoms with Gasteiger partial charge in [-0.05, 0) is 31.2 Å². The average Bonchev–Trinajstić information content (AvgIpc) is 2.66. The van der Waals surface area contributed by atoms with Gasteiger partial charge in [0.15, 0.2) is 5.82 Å². The third-order valence-corrected chi connectivity index (χ3v) is 3.98. The van der Waals surface area contributed by atoms with E-state index in [2.05, 4.69) is 15.3 Å². The molecular weight excluding hydrogens is 336 g/mol. The van der Waals surface area contributed by atoms with Gasteiger partial charge in [-0.1, -0.05) is 41.9 Å². The van der Waals surface area contributed by atoms with Gasteiger partial charge < -0.3 is 10.2 Å². The summed E-state index contributed by atoms with van der Waals surface area (Å²) >= 11 is 6.05. The average molecular weight is 353 g/mol. The number of rotatable bonds is 5. The summed E-state index contributed by atoms with van der Waals surface area (Å²) in [7, 11) is 0. The summed E-state index contributed by atoms with van der Waals surface area (Å²) in [6.07, 6.45) is 3.06. The second kappa shape index (κ2) is 7.77. The summed E-state index contributed by atoms with van der Waals surface area (Å²) in [4.78, 5) is 22.9. The molecule has 0 saturated carbocycles. The van der Waals surface area contributed by atoms with Gasteiger partial charge in [0.05, 0.1) is 23.1 Å². The summed E-state index contributed by atoms with van der Waals surface area (Å²) in [5, 5.41) is 3.21. The van der Waals surface area contributed by atoms with Crippen LogP contribution in [-0.2, 0) is 0 Å². The summed E-state index contributed by atoms with van der Waals surface area (Å²) in [6.45, 7) is 2.77. The molecule has 3 rings (SSSR count). The fourth-order valence-corrected chi connectivity index (χ4v) is 2.59. The first kappa shape index (κ1) is 16.9. The molecule has 0 unspecified atom stereocenters. The predicted octanol–water partition coefficient (Wildman–Crippen LogP) is 4.54. The highest BCUT2D eigenvalue weighted by Gasteiger charge is 2.13. The maximum Gasteiger partial charge on any atom is 0.275 e. The Bertz CT molecular complexity index is 853. The smallest absolute Gasteiger partial charge is 0.275 e. The van der Waals surface area contributed by atoms with Crippen molar-refractivity contribution in [1.29, 1.82) is 0 Å². The molecule has 0 aliphatic carbocycles. The topological polar surface area (TPSA) is 58.1 Å². The lowest BCUT2D eigenvalue weighted by atomic mass is 10.3. The zero-order valence-electron chi connectivity index (χ0n) is 13.7. The van der Waals surface area contributed by atoms with Gasteiger partial charge >= 0.3 is 0 Å². The molecule has 0 spiro atoms. The maximum absolute atomic E-state index is 12.3. The van der Waals surface area contributed by atoms with Crippen LogP contribution in [0.25, 0.3) is 0 Å². The Morgan fingerprint density at radius 2 is 1.76 bits per heavy atom. The third kappa shape index (κ3) is 3.95. The highest BCUT2D eigenvalue weighted by atomic mass is 35.5. The van der Waals surface area contributed by atoms with Crippen molar-refractivity contribution < 1.29 is 4.79 Å². The molecule has 5 nitrogen and oxygen atoms in total. The van der Waals surface area contributed by atoms with Gasteiger partial charge in [-0.2, -0.15) is 0 Å². The summed E-state index contributed by atoms with van der Waals surface area (Å²) in [5.41, 5.74) is 1.79. The van der Waals surface area contributed by atoms with Gasteiger partial charge in [-0.25, -0.2) is 9.97 Å².